The minimum atomic E-state index is 0.209. The second-order valence-electron chi connectivity index (χ2n) is 3.69. The molecular formula is C9H11N5O. The van der Waals surface area contributed by atoms with Crippen molar-refractivity contribution in [2.75, 3.05) is 5.73 Å². The fourth-order valence-corrected chi connectivity index (χ4v) is 1.56. The van der Waals surface area contributed by atoms with Crippen molar-refractivity contribution in [1.82, 2.24) is 20.2 Å². The molecule has 0 bridgehead atoms. The molecule has 1 aliphatic rings. The number of nitrogens with one attached hydrogen (secondary N) is 1. The average molecular weight is 205 g/mol. The molecule has 0 amide bonds. The monoisotopic (exact) mass is 205 g/mol. The number of nitrogen functional groups attached to an aromatic ring is 1. The maximum absolute atomic E-state index is 5.71. The van der Waals surface area contributed by atoms with Crippen LogP contribution >= 0.6 is 0 Å². The van der Waals surface area contributed by atoms with E-state index in [1.807, 2.05) is 0 Å². The van der Waals surface area contributed by atoms with Crippen molar-refractivity contribution in [3.8, 4) is 5.88 Å². The van der Waals surface area contributed by atoms with Crippen molar-refractivity contribution < 1.29 is 4.74 Å². The fourth-order valence-electron chi connectivity index (χ4n) is 1.56. The van der Waals surface area contributed by atoms with Crippen molar-refractivity contribution in [3.05, 3.63) is 6.20 Å². The Hall–Kier alpha value is -1.85. The minimum Gasteiger partial charge on any atom is -0.474 e. The van der Waals surface area contributed by atoms with Gasteiger partial charge in [0.05, 0.1) is 6.20 Å². The zero-order chi connectivity index (χ0) is 10.3. The normalized spacial score (nSPS) is 16.5. The van der Waals surface area contributed by atoms with Crippen LogP contribution in [0.4, 0.5) is 5.95 Å². The van der Waals surface area contributed by atoms with E-state index < -0.39 is 0 Å². The van der Waals surface area contributed by atoms with Crippen LogP contribution in [0.1, 0.15) is 19.3 Å². The number of hydrogen-bond donors (Lipinski definition) is 2. The Balaban J connectivity index is 2.02. The minimum absolute atomic E-state index is 0.209. The molecule has 2 aromatic rings. The molecule has 0 aromatic carbocycles. The summed E-state index contributed by atoms with van der Waals surface area (Å²) in [6.07, 6.45) is 5.33. The van der Waals surface area contributed by atoms with E-state index in [2.05, 4.69) is 20.2 Å². The standard InChI is InChI=1S/C9H11N5O/c10-9-12-7-6(4-11-14-7)8(13-9)15-5-2-1-3-5/h4-5H,1-3H2,(H3,10,11,12,13,14). The van der Waals surface area contributed by atoms with Crippen molar-refractivity contribution in [2.45, 2.75) is 25.4 Å². The number of rotatable bonds is 2. The van der Waals surface area contributed by atoms with Gasteiger partial charge in [0.1, 0.15) is 11.5 Å². The van der Waals surface area contributed by atoms with Crippen molar-refractivity contribution in [2.24, 2.45) is 0 Å². The molecule has 0 aliphatic heterocycles. The highest BCUT2D eigenvalue weighted by molar-refractivity contribution is 5.80. The first-order valence-electron chi connectivity index (χ1n) is 4.96. The van der Waals surface area contributed by atoms with Gasteiger partial charge in [0.2, 0.25) is 11.8 Å². The van der Waals surface area contributed by atoms with Gasteiger partial charge >= 0.3 is 0 Å². The molecule has 6 heteroatoms. The molecule has 1 saturated carbocycles. The zero-order valence-corrected chi connectivity index (χ0v) is 8.10. The van der Waals surface area contributed by atoms with Gasteiger partial charge in [0.15, 0.2) is 5.65 Å². The van der Waals surface area contributed by atoms with Gasteiger partial charge in [-0.2, -0.15) is 15.1 Å². The largest absolute Gasteiger partial charge is 0.474 e. The maximum Gasteiger partial charge on any atom is 0.229 e. The predicted octanol–water partition coefficient (Wildman–Crippen LogP) is 0.866. The first-order valence-corrected chi connectivity index (χ1v) is 4.96. The van der Waals surface area contributed by atoms with E-state index in [1.165, 1.54) is 6.42 Å². The summed E-state index contributed by atoms with van der Waals surface area (Å²) in [6, 6.07) is 0. The van der Waals surface area contributed by atoms with E-state index in [0.29, 0.717) is 11.5 Å². The molecule has 0 saturated heterocycles. The predicted molar refractivity (Wildman–Crippen MR) is 54.4 cm³/mol. The van der Waals surface area contributed by atoms with Crippen molar-refractivity contribution in [1.29, 1.82) is 0 Å². The summed E-state index contributed by atoms with van der Waals surface area (Å²) in [7, 11) is 0. The third-order valence-electron chi connectivity index (χ3n) is 2.62. The highest BCUT2D eigenvalue weighted by atomic mass is 16.5. The summed E-state index contributed by atoms with van der Waals surface area (Å²) in [6.45, 7) is 0. The van der Waals surface area contributed by atoms with Crippen LogP contribution in [0, 0.1) is 0 Å². The lowest BCUT2D eigenvalue weighted by molar-refractivity contribution is 0.117. The Morgan fingerprint density at radius 1 is 1.40 bits per heavy atom. The number of ether oxygens (including phenoxy) is 1. The van der Waals surface area contributed by atoms with Gasteiger partial charge in [-0.3, -0.25) is 5.10 Å². The molecule has 2 heterocycles. The molecule has 0 atom stereocenters. The summed E-state index contributed by atoms with van der Waals surface area (Å²) in [5.41, 5.74) is 6.19. The lowest BCUT2D eigenvalue weighted by Gasteiger charge is -2.25. The lowest BCUT2D eigenvalue weighted by Crippen LogP contribution is -2.25. The molecule has 1 fully saturated rings. The lowest BCUT2D eigenvalue weighted by atomic mass is 9.96. The third kappa shape index (κ3) is 1.38. The Bertz CT molecular complexity index is 490. The number of nitrogens with zero attached hydrogens (tertiary/aromatic N) is 3. The van der Waals surface area contributed by atoms with Crippen LogP contribution in [0.15, 0.2) is 6.20 Å². The van der Waals surface area contributed by atoms with Gasteiger partial charge in [-0.25, -0.2) is 0 Å². The van der Waals surface area contributed by atoms with Crippen LogP contribution in [0.25, 0.3) is 11.0 Å². The van der Waals surface area contributed by atoms with Crippen LogP contribution in [0.2, 0.25) is 0 Å². The van der Waals surface area contributed by atoms with E-state index in [9.17, 15) is 0 Å². The zero-order valence-electron chi connectivity index (χ0n) is 8.10. The van der Waals surface area contributed by atoms with Crippen LogP contribution in [0.5, 0.6) is 5.88 Å². The van der Waals surface area contributed by atoms with Crippen molar-refractivity contribution >= 4 is 17.0 Å². The Morgan fingerprint density at radius 3 is 3.00 bits per heavy atom. The second kappa shape index (κ2) is 3.08. The van der Waals surface area contributed by atoms with E-state index in [0.717, 1.165) is 18.2 Å². The number of fused-ring (bicyclic) bond motifs is 1. The van der Waals surface area contributed by atoms with Crippen molar-refractivity contribution in [3.63, 3.8) is 0 Å². The van der Waals surface area contributed by atoms with Gasteiger partial charge in [0.25, 0.3) is 0 Å². The first-order chi connectivity index (χ1) is 7.33. The summed E-state index contributed by atoms with van der Waals surface area (Å²) in [5, 5.41) is 7.43. The smallest absolute Gasteiger partial charge is 0.229 e. The summed E-state index contributed by atoms with van der Waals surface area (Å²) >= 11 is 0. The number of hydrogen-bond acceptors (Lipinski definition) is 5. The summed E-state index contributed by atoms with van der Waals surface area (Å²) in [4.78, 5) is 8.10. The van der Waals surface area contributed by atoms with Gasteiger partial charge in [0, 0.05) is 0 Å². The first kappa shape index (κ1) is 8.46. The van der Waals surface area contributed by atoms with Gasteiger partial charge < -0.3 is 10.5 Å². The summed E-state index contributed by atoms with van der Waals surface area (Å²) in [5.74, 6) is 0.747. The molecule has 0 radical (unpaired) electrons. The molecule has 0 spiro atoms. The van der Waals surface area contributed by atoms with Crippen LogP contribution in [-0.2, 0) is 0 Å². The Labute approximate surface area is 85.9 Å². The van der Waals surface area contributed by atoms with E-state index in [4.69, 9.17) is 10.5 Å². The van der Waals surface area contributed by atoms with Crippen LogP contribution < -0.4 is 10.5 Å². The summed E-state index contributed by atoms with van der Waals surface area (Å²) < 4.78 is 5.71. The molecule has 15 heavy (non-hydrogen) atoms. The highest BCUT2D eigenvalue weighted by Crippen LogP contribution is 2.28. The Morgan fingerprint density at radius 2 is 2.27 bits per heavy atom. The number of aromatic amines is 1. The second-order valence-corrected chi connectivity index (χ2v) is 3.69. The van der Waals surface area contributed by atoms with Crippen LogP contribution in [-0.4, -0.2) is 26.3 Å². The van der Waals surface area contributed by atoms with E-state index >= 15 is 0 Å². The quantitative estimate of drug-likeness (QED) is 0.759. The van der Waals surface area contributed by atoms with Gasteiger partial charge in [-0.1, -0.05) is 0 Å². The van der Waals surface area contributed by atoms with E-state index in [-0.39, 0.29) is 12.1 Å². The molecule has 0 unspecified atom stereocenters. The fraction of sp³-hybridized carbons (Fsp3) is 0.444. The third-order valence-corrected chi connectivity index (χ3v) is 2.62. The SMILES string of the molecule is Nc1nc(OC2CCC2)c2cn[nH]c2n1. The van der Waals surface area contributed by atoms with Gasteiger partial charge in [-0.05, 0) is 19.3 Å². The van der Waals surface area contributed by atoms with E-state index in [1.54, 1.807) is 6.20 Å². The molecule has 3 N–H and O–H groups in total. The number of H-pyrrole nitrogens is 1. The number of aromatic nitrogens is 4. The molecule has 78 valence electrons. The number of nitrogens with two attached hydrogens (primary N) is 1. The molecule has 2 aromatic heterocycles. The molecule has 6 nitrogen and oxygen atoms in total. The topological polar surface area (TPSA) is 89.7 Å². The maximum atomic E-state index is 5.71. The average Bonchev–Trinajstić information content (AvgIpc) is 2.58. The molecular weight excluding hydrogens is 194 g/mol. The van der Waals surface area contributed by atoms with Crippen LogP contribution in [0.3, 0.4) is 0 Å². The number of anilines is 1. The van der Waals surface area contributed by atoms with Gasteiger partial charge in [-0.15, -0.1) is 0 Å². The highest BCUT2D eigenvalue weighted by Gasteiger charge is 2.21. The molecule has 3 rings (SSSR count). The molecule has 1 aliphatic carbocycles. The Kier molecular flexibility index (Phi) is 1.74.